The molecule has 0 fully saturated rings. The quantitative estimate of drug-likeness (QED) is 0.672. The minimum Gasteiger partial charge on any atom is -0.313 e. The first-order valence-corrected chi connectivity index (χ1v) is 7.52. The van der Waals surface area contributed by atoms with Crippen molar-refractivity contribution in [3.05, 3.63) is 29.8 Å². The maximum atomic E-state index is 12.6. The molecule has 25 heavy (non-hydrogen) atoms. The molecule has 0 radical (unpaired) electrons. The lowest BCUT2D eigenvalue weighted by Gasteiger charge is -2.07. The minimum absolute atomic E-state index is 0.0738. The molecular formula is C17H19F3N4O. The van der Waals surface area contributed by atoms with Crippen molar-refractivity contribution in [3.8, 4) is 0 Å². The molecule has 0 amide bonds. The zero-order valence-electron chi connectivity index (χ0n) is 13.9. The Morgan fingerprint density at radius 1 is 1.28 bits per heavy atom. The van der Waals surface area contributed by atoms with Crippen LogP contribution in [0.25, 0.3) is 0 Å². The minimum atomic E-state index is -4.46. The Morgan fingerprint density at radius 3 is 2.52 bits per heavy atom. The third-order valence-electron chi connectivity index (χ3n) is 2.97. The van der Waals surface area contributed by atoms with E-state index >= 15 is 0 Å². The molecule has 0 heterocycles. The number of Topliss-reactive ketones (excluding diaryl/α,β-unsaturated/α-hetero) is 1. The fourth-order valence-corrected chi connectivity index (χ4v) is 1.89. The van der Waals surface area contributed by atoms with E-state index in [1.165, 1.54) is 18.3 Å². The molecule has 134 valence electrons. The van der Waals surface area contributed by atoms with Crippen molar-refractivity contribution < 1.29 is 18.0 Å². The molecule has 0 spiro atoms. The van der Waals surface area contributed by atoms with Crippen molar-refractivity contribution in [1.82, 2.24) is 0 Å². The van der Waals surface area contributed by atoms with Crippen LogP contribution in [0.3, 0.4) is 0 Å². The Labute approximate surface area is 143 Å². The molecule has 1 aromatic carbocycles. The number of alkyl halides is 3. The SMILES string of the molecule is CC(C)N=C(CC=N)C(=N)C(=O)CC=Nc1cccc(C(F)(F)F)c1. The summed E-state index contributed by atoms with van der Waals surface area (Å²) in [6, 6.07) is 4.32. The predicted molar refractivity (Wildman–Crippen MR) is 92.9 cm³/mol. The van der Waals surface area contributed by atoms with Crippen molar-refractivity contribution in [2.24, 2.45) is 9.98 Å². The van der Waals surface area contributed by atoms with Crippen molar-refractivity contribution in [2.45, 2.75) is 38.9 Å². The number of carbonyl (C=O) groups is 1. The summed E-state index contributed by atoms with van der Waals surface area (Å²) < 4.78 is 37.9. The molecule has 1 rings (SSSR count). The van der Waals surface area contributed by atoms with Gasteiger partial charge in [-0.15, -0.1) is 0 Å². The number of nitrogens with one attached hydrogen (secondary N) is 2. The van der Waals surface area contributed by atoms with Gasteiger partial charge in [0.15, 0.2) is 5.78 Å². The van der Waals surface area contributed by atoms with Gasteiger partial charge in [0.1, 0.15) is 5.71 Å². The fourth-order valence-electron chi connectivity index (χ4n) is 1.89. The van der Waals surface area contributed by atoms with Crippen LogP contribution in [0.2, 0.25) is 0 Å². The molecule has 0 aliphatic heterocycles. The Kier molecular flexibility index (Phi) is 7.35. The molecule has 0 aromatic heterocycles. The number of rotatable bonds is 8. The molecule has 1 aromatic rings. The van der Waals surface area contributed by atoms with E-state index in [0.717, 1.165) is 18.3 Å². The first-order chi connectivity index (χ1) is 11.6. The average Bonchev–Trinajstić information content (AvgIpc) is 2.52. The summed E-state index contributed by atoms with van der Waals surface area (Å²) in [6.45, 7) is 3.58. The first-order valence-electron chi connectivity index (χ1n) is 7.52. The number of halogens is 3. The molecule has 2 N–H and O–H groups in total. The largest absolute Gasteiger partial charge is 0.416 e. The van der Waals surface area contributed by atoms with Gasteiger partial charge in [-0.25, -0.2) is 0 Å². The number of ketones is 1. The Hall–Kier alpha value is -2.64. The fraction of sp³-hybridized carbons (Fsp3) is 0.353. The van der Waals surface area contributed by atoms with Crippen molar-refractivity contribution >= 4 is 35.3 Å². The van der Waals surface area contributed by atoms with Crippen LogP contribution in [0.1, 0.15) is 32.3 Å². The maximum Gasteiger partial charge on any atom is 0.416 e. The Morgan fingerprint density at radius 2 is 1.96 bits per heavy atom. The molecule has 0 unspecified atom stereocenters. The van der Waals surface area contributed by atoms with Crippen LogP contribution in [-0.4, -0.2) is 35.7 Å². The van der Waals surface area contributed by atoms with E-state index in [4.69, 9.17) is 10.8 Å². The van der Waals surface area contributed by atoms with E-state index < -0.39 is 17.5 Å². The van der Waals surface area contributed by atoms with Gasteiger partial charge in [0.05, 0.1) is 17.0 Å². The summed E-state index contributed by atoms with van der Waals surface area (Å²) in [5.74, 6) is -0.558. The van der Waals surface area contributed by atoms with Crippen LogP contribution >= 0.6 is 0 Å². The Bertz CT molecular complexity index is 706. The highest BCUT2D eigenvalue weighted by Crippen LogP contribution is 2.31. The highest BCUT2D eigenvalue weighted by atomic mass is 19.4. The number of nitrogens with zero attached hydrogens (tertiary/aromatic N) is 2. The molecule has 0 saturated carbocycles. The van der Waals surface area contributed by atoms with E-state index in [1.54, 1.807) is 13.8 Å². The standard InChI is InChI=1S/C17H19F3N4O/c1-11(2)24-14(6-8-21)16(22)15(25)7-9-23-13-5-3-4-12(10-13)17(18,19)20/h3-5,8-11,21-22H,6-7H2,1-2H3. The zero-order chi connectivity index (χ0) is 19.0. The molecule has 8 heteroatoms. The van der Waals surface area contributed by atoms with Crippen molar-refractivity contribution in [1.29, 1.82) is 10.8 Å². The molecular weight excluding hydrogens is 333 g/mol. The van der Waals surface area contributed by atoms with Gasteiger partial charge in [0.25, 0.3) is 0 Å². The molecule has 0 bridgehead atoms. The number of carbonyl (C=O) groups excluding carboxylic acids is 1. The van der Waals surface area contributed by atoms with Crippen molar-refractivity contribution in [3.63, 3.8) is 0 Å². The third kappa shape index (κ3) is 6.78. The second-order valence-electron chi connectivity index (χ2n) is 5.44. The predicted octanol–water partition coefficient (Wildman–Crippen LogP) is 4.28. The lowest BCUT2D eigenvalue weighted by atomic mass is 10.1. The summed E-state index contributed by atoms with van der Waals surface area (Å²) >= 11 is 0. The molecule has 5 nitrogen and oxygen atoms in total. The van der Waals surface area contributed by atoms with Gasteiger partial charge in [-0.3, -0.25) is 20.2 Å². The van der Waals surface area contributed by atoms with Crippen LogP contribution < -0.4 is 0 Å². The van der Waals surface area contributed by atoms with Gasteiger partial charge in [0.2, 0.25) is 0 Å². The van der Waals surface area contributed by atoms with Gasteiger partial charge in [-0.2, -0.15) is 13.2 Å². The second-order valence-corrected chi connectivity index (χ2v) is 5.44. The van der Waals surface area contributed by atoms with Gasteiger partial charge in [-0.1, -0.05) is 6.07 Å². The lowest BCUT2D eigenvalue weighted by molar-refractivity contribution is -0.137. The smallest absolute Gasteiger partial charge is 0.313 e. The van der Waals surface area contributed by atoms with E-state index in [-0.39, 0.29) is 36.0 Å². The number of hydrogen-bond acceptors (Lipinski definition) is 5. The summed E-state index contributed by atoms with van der Waals surface area (Å²) in [4.78, 5) is 20.0. The van der Waals surface area contributed by atoms with Crippen LogP contribution in [0.15, 0.2) is 34.3 Å². The highest BCUT2D eigenvalue weighted by molar-refractivity contribution is 6.67. The molecule has 0 aliphatic carbocycles. The van der Waals surface area contributed by atoms with E-state index in [1.807, 2.05) is 0 Å². The average molecular weight is 352 g/mol. The first kappa shape index (κ1) is 20.4. The Balaban J connectivity index is 2.80. The third-order valence-corrected chi connectivity index (χ3v) is 2.97. The number of hydrogen-bond donors (Lipinski definition) is 2. The van der Waals surface area contributed by atoms with Crippen LogP contribution in [0.4, 0.5) is 18.9 Å². The van der Waals surface area contributed by atoms with Crippen LogP contribution in [-0.2, 0) is 11.0 Å². The highest BCUT2D eigenvalue weighted by Gasteiger charge is 2.30. The van der Waals surface area contributed by atoms with E-state index in [2.05, 4.69) is 9.98 Å². The molecule has 0 aliphatic rings. The normalized spacial score (nSPS) is 12.6. The van der Waals surface area contributed by atoms with Gasteiger partial charge in [0, 0.05) is 31.3 Å². The summed E-state index contributed by atoms with van der Waals surface area (Å²) in [5, 5.41) is 15.0. The molecule has 0 atom stereocenters. The summed E-state index contributed by atoms with van der Waals surface area (Å²) in [7, 11) is 0. The topological polar surface area (TPSA) is 89.5 Å². The second kappa shape index (κ2) is 9.00. The van der Waals surface area contributed by atoms with Gasteiger partial charge in [-0.05, 0) is 32.0 Å². The van der Waals surface area contributed by atoms with Crippen molar-refractivity contribution in [2.75, 3.05) is 0 Å². The maximum absolute atomic E-state index is 12.6. The zero-order valence-corrected chi connectivity index (χ0v) is 13.9. The van der Waals surface area contributed by atoms with E-state index in [0.29, 0.717) is 0 Å². The van der Waals surface area contributed by atoms with E-state index in [9.17, 15) is 18.0 Å². The molecule has 0 saturated heterocycles. The summed E-state index contributed by atoms with van der Waals surface area (Å²) in [6.07, 6.45) is -2.39. The number of benzene rings is 1. The van der Waals surface area contributed by atoms with Gasteiger partial charge < -0.3 is 5.41 Å². The van der Waals surface area contributed by atoms with Crippen LogP contribution in [0.5, 0.6) is 0 Å². The van der Waals surface area contributed by atoms with Gasteiger partial charge >= 0.3 is 6.18 Å². The van der Waals surface area contributed by atoms with Crippen LogP contribution in [0, 0.1) is 10.8 Å². The summed E-state index contributed by atoms with van der Waals surface area (Å²) in [5.41, 5.74) is -0.849. The monoisotopic (exact) mass is 352 g/mol. The number of aliphatic imine (C=N–C) groups is 2. The lowest BCUT2D eigenvalue weighted by Crippen LogP contribution is -2.25.